The van der Waals surface area contributed by atoms with Crippen LogP contribution in [0.4, 0.5) is 0 Å². The van der Waals surface area contributed by atoms with E-state index in [9.17, 15) is 9.90 Å². The van der Waals surface area contributed by atoms with Crippen LogP contribution in [0.25, 0.3) is 0 Å². The van der Waals surface area contributed by atoms with Gasteiger partial charge in [-0.25, -0.2) is 0 Å². The Balaban J connectivity index is 2.02. The van der Waals surface area contributed by atoms with Gasteiger partial charge in [-0.05, 0) is 36.3 Å². The summed E-state index contributed by atoms with van der Waals surface area (Å²) in [6.07, 6.45) is 7.42. The first-order valence-corrected chi connectivity index (χ1v) is 8.12. The van der Waals surface area contributed by atoms with Crippen molar-refractivity contribution in [1.82, 2.24) is 0 Å². The van der Waals surface area contributed by atoms with Crippen LogP contribution in [0.1, 0.15) is 68.4 Å². The van der Waals surface area contributed by atoms with Crippen molar-refractivity contribution in [2.75, 3.05) is 13.2 Å². The summed E-state index contributed by atoms with van der Waals surface area (Å²) in [5.41, 5.74) is 2.20. The molecule has 1 aromatic rings. The van der Waals surface area contributed by atoms with E-state index in [1.807, 2.05) is 19.1 Å². The molecule has 0 bridgehead atoms. The van der Waals surface area contributed by atoms with E-state index in [0.717, 1.165) is 12.0 Å². The Hall–Kier alpha value is -1.35. The highest BCUT2D eigenvalue weighted by molar-refractivity contribution is 5.76. The number of hydrogen-bond acceptors (Lipinski definition) is 2. The molecule has 21 heavy (non-hydrogen) atoms. The lowest BCUT2D eigenvalue weighted by molar-refractivity contribution is -0.140. The van der Waals surface area contributed by atoms with Gasteiger partial charge in [-0.2, -0.15) is 0 Å². The second-order valence-corrected chi connectivity index (χ2v) is 5.97. The molecule has 1 fully saturated rings. The van der Waals surface area contributed by atoms with Crippen LogP contribution in [0.5, 0.6) is 0 Å². The van der Waals surface area contributed by atoms with E-state index < -0.39 is 11.9 Å². The van der Waals surface area contributed by atoms with E-state index in [1.165, 1.54) is 37.7 Å². The fourth-order valence-electron chi connectivity index (χ4n) is 3.09. The Labute approximate surface area is 127 Å². The molecule has 0 saturated heterocycles. The highest BCUT2D eigenvalue weighted by Gasteiger charge is 2.21. The lowest BCUT2D eigenvalue weighted by atomic mass is 9.83. The lowest BCUT2D eigenvalue weighted by Gasteiger charge is -2.22. The molecule has 1 N–H and O–H groups in total. The summed E-state index contributed by atoms with van der Waals surface area (Å²) in [5.74, 6) is -0.708. The number of benzene rings is 1. The molecule has 0 spiro atoms. The Morgan fingerprint density at radius 3 is 2.48 bits per heavy atom. The number of carboxylic acid groups (broad SMARTS) is 1. The van der Waals surface area contributed by atoms with E-state index in [0.29, 0.717) is 12.5 Å². The summed E-state index contributed by atoms with van der Waals surface area (Å²) in [4.78, 5) is 11.4. The fraction of sp³-hybridized carbons (Fsp3) is 0.611. The zero-order valence-corrected chi connectivity index (χ0v) is 12.9. The van der Waals surface area contributed by atoms with Gasteiger partial charge in [-0.15, -0.1) is 0 Å². The van der Waals surface area contributed by atoms with Gasteiger partial charge in [0, 0.05) is 6.61 Å². The molecule has 0 amide bonds. The van der Waals surface area contributed by atoms with Crippen LogP contribution in [0.2, 0.25) is 0 Å². The average Bonchev–Trinajstić information content (AvgIpc) is 2.52. The molecule has 1 saturated carbocycles. The zero-order chi connectivity index (χ0) is 15.1. The Bertz CT molecular complexity index is 432. The van der Waals surface area contributed by atoms with Gasteiger partial charge in [0.1, 0.15) is 5.92 Å². The first-order valence-electron chi connectivity index (χ1n) is 8.12. The van der Waals surface area contributed by atoms with E-state index in [4.69, 9.17) is 4.74 Å². The third-order valence-electron chi connectivity index (χ3n) is 4.35. The Kier molecular flexibility index (Phi) is 6.24. The third kappa shape index (κ3) is 4.57. The summed E-state index contributed by atoms with van der Waals surface area (Å²) in [6.45, 7) is 2.89. The monoisotopic (exact) mass is 290 g/mol. The van der Waals surface area contributed by atoms with Crippen LogP contribution >= 0.6 is 0 Å². The van der Waals surface area contributed by atoms with Crippen LogP contribution in [0, 0.1) is 0 Å². The molecular formula is C18H26O3. The van der Waals surface area contributed by atoms with Gasteiger partial charge in [0.15, 0.2) is 0 Å². The van der Waals surface area contributed by atoms with Gasteiger partial charge in [-0.3, -0.25) is 4.79 Å². The fourth-order valence-corrected chi connectivity index (χ4v) is 3.09. The molecule has 1 unspecified atom stereocenters. The first kappa shape index (κ1) is 16.0. The first-order chi connectivity index (χ1) is 10.2. The minimum absolute atomic E-state index is 0.256. The highest BCUT2D eigenvalue weighted by Crippen LogP contribution is 2.33. The topological polar surface area (TPSA) is 46.5 Å². The number of hydrogen-bond donors (Lipinski definition) is 1. The summed E-state index contributed by atoms with van der Waals surface area (Å²) >= 11 is 0. The number of carboxylic acids is 1. The van der Waals surface area contributed by atoms with Gasteiger partial charge in [-0.1, -0.05) is 50.5 Å². The summed E-state index contributed by atoms with van der Waals surface area (Å²) in [7, 11) is 0. The minimum Gasteiger partial charge on any atom is -0.481 e. The van der Waals surface area contributed by atoms with Crippen LogP contribution < -0.4 is 0 Å². The minimum atomic E-state index is -0.809. The van der Waals surface area contributed by atoms with E-state index in [-0.39, 0.29) is 6.61 Å². The van der Waals surface area contributed by atoms with Gasteiger partial charge >= 0.3 is 5.97 Å². The average molecular weight is 290 g/mol. The maximum absolute atomic E-state index is 11.4. The van der Waals surface area contributed by atoms with Crippen molar-refractivity contribution in [3.8, 4) is 0 Å². The van der Waals surface area contributed by atoms with Crippen molar-refractivity contribution in [3.05, 3.63) is 35.4 Å². The maximum atomic E-state index is 11.4. The van der Waals surface area contributed by atoms with Crippen LogP contribution in [0.3, 0.4) is 0 Å². The summed E-state index contributed by atoms with van der Waals surface area (Å²) < 4.78 is 5.43. The predicted octanol–water partition coefficient (Wildman–Crippen LogP) is 4.33. The van der Waals surface area contributed by atoms with Crippen molar-refractivity contribution in [1.29, 1.82) is 0 Å². The molecule has 2 rings (SSSR count). The number of ether oxygens (including phenoxy) is 1. The predicted molar refractivity (Wildman–Crippen MR) is 83.8 cm³/mol. The molecule has 0 aliphatic heterocycles. The van der Waals surface area contributed by atoms with Gasteiger partial charge in [0.05, 0.1) is 6.61 Å². The molecule has 1 aromatic carbocycles. The quantitative estimate of drug-likeness (QED) is 0.760. The van der Waals surface area contributed by atoms with Crippen molar-refractivity contribution in [3.63, 3.8) is 0 Å². The standard InChI is InChI=1S/C18H26O3/c1-2-12-21-13-17(18(19)20)16-10-8-15(9-11-16)14-6-4-3-5-7-14/h8-11,14,17H,2-7,12-13H2,1H3,(H,19,20). The summed E-state index contributed by atoms with van der Waals surface area (Å²) in [6, 6.07) is 8.16. The molecule has 0 aromatic heterocycles. The number of rotatable bonds is 7. The molecule has 116 valence electrons. The number of carbonyl (C=O) groups is 1. The maximum Gasteiger partial charge on any atom is 0.313 e. The van der Waals surface area contributed by atoms with Crippen LogP contribution in [-0.4, -0.2) is 24.3 Å². The SMILES string of the molecule is CCCOCC(C(=O)O)c1ccc(C2CCCCC2)cc1. The molecule has 1 aliphatic carbocycles. The van der Waals surface area contributed by atoms with Crippen LogP contribution in [0.15, 0.2) is 24.3 Å². The molecule has 0 heterocycles. The molecule has 3 nitrogen and oxygen atoms in total. The van der Waals surface area contributed by atoms with Crippen molar-refractivity contribution < 1.29 is 14.6 Å². The second-order valence-electron chi connectivity index (χ2n) is 5.97. The highest BCUT2D eigenvalue weighted by atomic mass is 16.5. The van der Waals surface area contributed by atoms with E-state index in [2.05, 4.69) is 12.1 Å². The summed E-state index contributed by atoms with van der Waals surface area (Å²) in [5, 5.41) is 9.36. The van der Waals surface area contributed by atoms with Gasteiger partial charge < -0.3 is 9.84 Å². The Morgan fingerprint density at radius 1 is 1.24 bits per heavy atom. The van der Waals surface area contributed by atoms with Crippen LogP contribution in [-0.2, 0) is 9.53 Å². The smallest absolute Gasteiger partial charge is 0.313 e. The molecular weight excluding hydrogens is 264 g/mol. The lowest BCUT2D eigenvalue weighted by Crippen LogP contribution is -2.18. The third-order valence-corrected chi connectivity index (χ3v) is 4.35. The second kappa shape index (κ2) is 8.18. The molecule has 3 heteroatoms. The van der Waals surface area contributed by atoms with E-state index in [1.54, 1.807) is 0 Å². The van der Waals surface area contributed by atoms with Gasteiger partial charge in [0.2, 0.25) is 0 Å². The largest absolute Gasteiger partial charge is 0.481 e. The van der Waals surface area contributed by atoms with Gasteiger partial charge in [0.25, 0.3) is 0 Å². The zero-order valence-electron chi connectivity index (χ0n) is 12.9. The number of aliphatic carboxylic acids is 1. The molecule has 1 atom stereocenters. The molecule has 1 aliphatic rings. The van der Waals surface area contributed by atoms with Crippen molar-refractivity contribution in [2.24, 2.45) is 0 Å². The van der Waals surface area contributed by atoms with Crippen molar-refractivity contribution >= 4 is 5.97 Å². The molecule has 0 radical (unpaired) electrons. The van der Waals surface area contributed by atoms with Crippen molar-refractivity contribution in [2.45, 2.75) is 57.3 Å². The Morgan fingerprint density at radius 2 is 1.90 bits per heavy atom. The normalized spacial score (nSPS) is 17.6. The van der Waals surface area contributed by atoms with E-state index >= 15 is 0 Å².